The summed E-state index contributed by atoms with van der Waals surface area (Å²) in [6, 6.07) is 18.8. The van der Waals surface area contributed by atoms with Crippen LogP contribution >= 0.6 is 11.3 Å². The van der Waals surface area contributed by atoms with Gasteiger partial charge in [0, 0.05) is 11.4 Å². The van der Waals surface area contributed by atoms with Crippen LogP contribution in [0.15, 0.2) is 54.6 Å². The summed E-state index contributed by atoms with van der Waals surface area (Å²) >= 11 is 1.43. The number of aryl methyl sites for hydroxylation is 1. The standard InChI is InChI=1S/C30H37NO4S/c1-7-8-25(26-15-16-27(36-26)29(33)31-18-17-28(32)34-6)35-23-13-14-24(20(2)19-23)21-9-11-22(12-10-21)30(3,4)5/h9-16,19,25H,7-8,17-18H2,1-6H3,(H,31,33). The normalized spacial score (nSPS) is 12.2. The zero-order valence-electron chi connectivity index (χ0n) is 22.1. The summed E-state index contributed by atoms with van der Waals surface area (Å²) in [6.07, 6.45) is 1.82. The van der Waals surface area contributed by atoms with Gasteiger partial charge in [-0.15, -0.1) is 11.3 Å². The number of hydrogen-bond donors (Lipinski definition) is 1. The maximum atomic E-state index is 12.5. The van der Waals surface area contributed by atoms with E-state index >= 15 is 0 Å². The summed E-state index contributed by atoms with van der Waals surface area (Å²) in [5.74, 6) is 0.281. The van der Waals surface area contributed by atoms with Crippen molar-refractivity contribution in [2.24, 2.45) is 0 Å². The molecule has 1 aromatic heterocycles. The van der Waals surface area contributed by atoms with Crippen LogP contribution in [0.1, 0.15) is 78.7 Å². The Balaban J connectivity index is 1.71. The number of esters is 1. The molecule has 0 aliphatic rings. The molecular weight excluding hydrogens is 470 g/mol. The van der Waals surface area contributed by atoms with Gasteiger partial charge in [-0.25, -0.2) is 0 Å². The van der Waals surface area contributed by atoms with Crippen LogP contribution in [0, 0.1) is 6.92 Å². The van der Waals surface area contributed by atoms with E-state index in [0.29, 0.717) is 4.88 Å². The molecule has 6 heteroatoms. The van der Waals surface area contributed by atoms with Crippen LogP contribution < -0.4 is 10.1 Å². The Hall–Kier alpha value is -3.12. The summed E-state index contributed by atoms with van der Waals surface area (Å²) < 4.78 is 11.0. The van der Waals surface area contributed by atoms with E-state index in [2.05, 4.69) is 81.1 Å². The van der Waals surface area contributed by atoms with Crippen molar-refractivity contribution in [3.63, 3.8) is 0 Å². The van der Waals surface area contributed by atoms with Crippen LogP contribution in [0.3, 0.4) is 0 Å². The highest BCUT2D eigenvalue weighted by Gasteiger charge is 2.19. The molecule has 0 radical (unpaired) electrons. The number of thiophene rings is 1. The lowest BCUT2D eigenvalue weighted by atomic mass is 9.86. The van der Waals surface area contributed by atoms with Crippen molar-refractivity contribution < 1.29 is 19.1 Å². The molecule has 0 saturated heterocycles. The first kappa shape index (κ1) is 27.5. The van der Waals surface area contributed by atoms with Gasteiger partial charge in [0.15, 0.2) is 0 Å². The van der Waals surface area contributed by atoms with Gasteiger partial charge in [0.1, 0.15) is 11.9 Å². The fourth-order valence-corrected chi connectivity index (χ4v) is 4.97. The largest absolute Gasteiger partial charge is 0.485 e. The Kier molecular flexibility index (Phi) is 9.32. The average Bonchev–Trinajstić information content (AvgIpc) is 3.34. The summed E-state index contributed by atoms with van der Waals surface area (Å²) in [5, 5.41) is 2.77. The van der Waals surface area contributed by atoms with Crippen LogP contribution in [0.2, 0.25) is 0 Å². The van der Waals surface area contributed by atoms with Crippen molar-refractivity contribution in [2.45, 2.75) is 65.4 Å². The van der Waals surface area contributed by atoms with Gasteiger partial charge in [-0.05, 0) is 65.3 Å². The van der Waals surface area contributed by atoms with Crippen molar-refractivity contribution in [3.8, 4) is 16.9 Å². The Bertz CT molecular complexity index is 1170. The highest BCUT2D eigenvalue weighted by Crippen LogP contribution is 2.34. The summed E-state index contributed by atoms with van der Waals surface area (Å²) in [5.41, 5.74) is 4.99. The van der Waals surface area contributed by atoms with E-state index < -0.39 is 0 Å². The number of nitrogens with one attached hydrogen (secondary N) is 1. The number of rotatable bonds is 10. The van der Waals surface area contributed by atoms with Crippen LogP contribution in [-0.2, 0) is 14.9 Å². The second kappa shape index (κ2) is 12.2. The number of ether oxygens (including phenoxy) is 2. The number of methoxy groups -OCH3 is 1. The lowest BCUT2D eigenvalue weighted by Crippen LogP contribution is -2.25. The van der Waals surface area contributed by atoms with E-state index in [1.54, 1.807) is 0 Å². The second-order valence-electron chi connectivity index (χ2n) is 9.98. The second-order valence-corrected chi connectivity index (χ2v) is 11.1. The Labute approximate surface area is 218 Å². The van der Waals surface area contributed by atoms with Crippen molar-refractivity contribution in [2.75, 3.05) is 13.7 Å². The fraction of sp³-hybridized carbons (Fsp3) is 0.400. The van der Waals surface area contributed by atoms with Crippen molar-refractivity contribution in [1.29, 1.82) is 0 Å². The van der Waals surface area contributed by atoms with Gasteiger partial charge in [-0.3, -0.25) is 9.59 Å². The van der Waals surface area contributed by atoms with Gasteiger partial charge in [0.2, 0.25) is 0 Å². The molecule has 1 amide bonds. The molecule has 1 N–H and O–H groups in total. The van der Waals surface area contributed by atoms with Crippen LogP contribution in [0.5, 0.6) is 5.75 Å². The molecule has 3 aromatic rings. The third kappa shape index (κ3) is 7.20. The lowest BCUT2D eigenvalue weighted by molar-refractivity contribution is -0.140. The Morgan fingerprint density at radius 3 is 2.36 bits per heavy atom. The molecule has 0 fully saturated rings. The van der Waals surface area contributed by atoms with E-state index in [0.717, 1.165) is 29.0 Å². The zero-order valence-corrected chi connectivity index (χ0v) is 23.0. The minimum absolute atomic E-state index is 0.130. The number of benzene rings is 2. The number of hydrogen-bond acceptors (Lipinski definition) is 5. The van der Waals surface area contributed by atoms with E-state index in [4.69, 9.17) is 4.74 Å². The van der Waals surface area contributed by atoms with Gasteiger partial charge < -0.3 is 14.8 Å². The molecule has 0 aliphatic heterocycles. The van der Waals surface area contributed by atoms with Gasteiger partial charge in [0.05, 0.1) is 18.4 Å². The summed E-state index contributed by atoms with van der Waals surface area (Å²) in [7, 11) is 1.34. The molecule has 1 heterocycles. The van der Waals surface area contributed by atoms with Crippen molar-refractivity contribution in [3.05, 3.63) is 75.5 Å². The molecule has 0 bridgehead atoms. The van der Waals surface area contributed by atoms with E-state index in [9.17, 15) is 9.59 Å². The molecule has 36 heavy (non-hydrogen) atoms. The smallest absolute Gasteiger partial charge is 0.307 e. The van der Waals surface area contributed by atoms with Crippen LogP contribution in [-0.4, -0.2) is 25.5 Å². The summed E-state index contributed by atoms with van der Waals surface area (Å²) in [6.45, 7) is 11.1. The highest BCUT2D eigenvalue weighted by atomic mass is 32.1. The van der Waals surface area contributed by atoms with E-state index in [1.807, 2.05) is 18.2 Å². The first-order valence-electron chi connectivity index (χ1n) is 12.4. The molecule has 192 valence electrons. The first-order chi connectivity index (χ1) is 17.1. The third-order valence-electron chi connectivity index (χ3n) is 6.10. The molecule has 5 nitrogen and oxygen atoms in total. The molecule has 2 aromatic carbocycles. The maximum absolute atomic E-state index is 12.5. The van der Waals surface area contributed by atoms with Crippen molar-refractivity contribution >= 4 is 23.2 Å². The number of carbonyl (C=O) groups excluding carboxylic acids is 2. The van der Waals surface area contributed by atoms with Crippen molar-refractivity contribution in [1.82, 2.24) is 5.32 Å². The number of amides is 1. The minimum atomic E-state index is -0.346. The van der Waals surface area contributed by atoms with E-state index in [1.165, 1.54) is 35.1 Å². The highest BCUT2D eigenvalue weighted by molar-refractivity contribution is 7.14. The fourth-order valence-electron chi connectivity index (χ4n) is 3.98. The van der Waals surface area contributed by atoms with Gasteiger partial charge >= 0.3 is 5.97 Å². The quantitative estimate of drug-likeness (QED) is 0.294. The van der Waals surface area contributed by atoms with Gasteiger partial charge in [-0.1, -0.05) is 64.4 Å². The molecule has 3 rings (SSSR count). The molecule has 1 atom stereocenters. The first-order valence-corrected chi connectivity index (χ1v) is 13.3. The average molecular weight is 508 g/mol. The monoisotopic (exact) mass is 507 g/mol. The lowest BCUT2D eigenvalue weighted by Gasteiger charge is -2.20. The molecule has 0 aliphatic carbocycles. The SMILES string of the molecule is CCCC(Oc1ccc(-c2ccc(C(C)(C)C)cc2)c(C)c1)c1ccc(C(=O)NCCC(=O)OC)s1. The molecule has 0 saturated carbocycles. The molecule has 0 spiro atoms. The van der Waals surface area contributed by atoms with Crippen LogP contribution in [0.4, 0.5) is 0 Å². The minimum Gasteiger partial charge on any atom is -0.485 e. The van der Waals surface area contributed by atoms with E-state index in [-0.39, 0.29) is 36.4 Å². The maximum Gasteiger partial charge on any atom is 0.307 e. The Morgan fingerprint density at radius 1 is 1.03 bits per heavy atom. The van der Waals surface area contributed by atoms with Gasteiger partial charge in [0.25, 0.3) is 5.91 Å². The topological polar surface area (TPSA) is 64.6 Å². The van der Waals surface area contributed by atoms with Crippen LogP contribution in [0.25, 0.3) is 11.1 Å². The summed E-state index contributed by atoms with van der Waals surface area (Å²) in [4.78, 5) is 25.3. The zero-order chi connectivity index (χ0) is 26.3. The molecular formula is C30H37NO4S. The van der Waals surface area contributed by atoms with Gasteiger partial charge in [-0.2, -0.15) is 0 Å². The number of carbonyl (C=O) groups is 2. The Morgan fingerprint density at radius 2 is 1.75 bits per heavy atom. The third-order valence-corrected chi connectivity index (χ3v) is 7.28. The molecule has 1 unspecified atom stereocenters. The predicted molar refractivity (Wildman–Crippen MR) is 147 cm³/mol. The predicted octanol–water partition coefficient (Wildman–Crippen LogP) is 7.23.